The molecule has 3 heterocycles. The molecule has 1 aliphatic heterocycles. The van der Waals surface area contributed by atoms with Crippen LogP contribution in [0.3, 0.4) is 0 Å². The van der Waals surface area contributed by atoms with Crippen molar-refractivity contribution in [3.8, 4) is 0 Å². The first-order chi connectivity index (χ1) is 11.7. The number of fused-ring (bicyclic) bond motifs is 1. The van der Waals surface area contributed by atoms with Gasteiger partial charge in [-0.1, -0.05) is 13.8 Å². The molecular formula is C17H23BrN4O3. The van der Waals surface area contributed by atoms with Gasteiger partial charge in [0.15, 0.2) is 11.8 Å². The van der Waals surface area contributed by atoms with Crippen LogP contribution in [0.4, 0.5) is 5.82 Å². The highest BCUT2D eigenvalue weighted by Gasteiger charge is 2.33. The standard InChI is InChI=1S/C17H23BrN4O3/c1-10-13(14(23)16(24)25-4)15(21-7-5-17(2,3)6-8-21)22-12(19-10)9-11(18)20-22/h9,14,23H,5-8H2,1-4H3/t14-/m0/s1. The zero-order valence-corrected chi connectivity index (χ0v) is 16.5. The minimum Gasteiger partial charge on any atom is -0.467 e. The van der Waals surface area contributed by atoms with E-state index in [1.54, 1.807) is 11.4 Å². The molecule has 0 saturated carbocycles. The van der Waals surface area contributed by atoms with Gasteiger partial charge in [-0.15, -0.1) is 0 Å². The van der Waals surface area contributed by atoms with Crippen LogP contribution >= 0.6 is 15.9 Å². The van der Waals surface area contributed by atoms with Gasteiger partial charge in [0.1, 0.15) is 10.4 Å². The smallest absolute Gasteiger partial charge is 0.339 e. The largest absolute Gasteiger partial charge is 0.467 e. The summed E-state index contributed by atoms with van der Waals surface area (Å²) in [5, 5.41) is 15.0. The van der Waals surface area contributed by atoms with Crippen molar-refractivity contribution in [3.63, 3.8) is 0 Å². The molecule has 0 aromatic carbocycles. The Kier molecular flexibility index (Phi) is 4.76. The fourth-order valence-corrected chi connectivity index (χ4v) is 3.63. The van der Waals surface area contributed by atoms with Gasteiger partial charge in [-0.05, 0) is 41.1 Å². The van der Waals surface area contributed by atoms with Crippen molar-refractivity contribution in [2.45, 2.75) is 39.7 Å². The lowest BCUT2D eigenvalue weighted by Gasteiger charge is -2.39. The lowest BCUT2D eigenvalue weighted by molar-refractivity contribution is -0.150. The minimum absolute atomic E-state index is 0.281. The third kappa shape index (κ3) is 3.37. The van der Waals surface area contributed by atoms with Crippen LogP contribution in [0.15, 0.2) is 10.7 Å². The Morgan fingerprint density at radius 2 is 2.04 bits per heavy atom. The first-order valence-electron chi connectivity index (χ1n) is 8.30. The summed E-state index contributed by atoms with van der Waals surface area (Å²) in [5.74, 6) is 0.00987. The summed E-state index contributed by atoms with van der Waals surface area (Å²) in [6.45, 7) is 7.95. The maximum absolute atomic E-state index is 12.0. The van der Waals surface area contributed by atoms with Crippen molar-refractivity contribution in [2.75, 3.05) is 25.1 Å². The van der Waals surface area contributed by atoms with E-state index in [4.69, 9.17) is 4.74 Å². The average molecular weight is 411 g/mol. The quantitative estimate of drug-likeness (QED) is 0.783. The molecule has 25 heavy (non-hydrogen) atoms. The first-order valence-corrected chi connectivity index (χ1v) is 9.09. The van der Waals surface area contributed by atoms with Crippen LogP contribution in [-0.4, -0.2) is 45.9 Å². The van der Waals surface area contributed by atoms with Crippen LogP contribution in [0, 0.1) is 12.3 Å². The summed E-state index contributed by atoms with van der Waals surface area (Å²) >= 11 is 3.39. The number of esters is 1. The molecule has 7 nitrogen and oxygen atoms in total. The zero-order chi connectivity index (χ0) is 18.4. The first kappa shape index (κ1) is 18.1. The molecule has 0 aliphatic carbocycles. The van der Waals surface area contributed by atoms with Crippen LogP contribution in [0.25, 0.3) is 5.65 Å². The fourth-order valence-electron chi connectivity index (χ4n) is 3.26. The molecule has 1 N–H and O–H groups in total. The van der Waals surface area contributed by atoms with Gasteiger partial charge in [-0.25, -0.2) is 9.78 Å². The number of methoxy groups -OCH3 is 1. The van der Waals surface area contributed by atoms with Gasteiger partial charge in [-0.2, -0.15) is 9.61 Å². The highest BCUT2D eigenvalue weighted by atomic mass is 79.9. The number of hydrogen-bond donors (Lipinski definition) is 1. The Bertz CT molecular complexity index is 808. The van der Waals surface area contributed by atoms with Crippen molar-refractivity contribution < 1.29 is 14.6 Å². The maximum atomic E-state index is 12.0. The lowest BCUT2D eigenvalue weighted by Crippen LogP contribution is -2.39. The predicted molar refractivity (Wildman–Crippen MR) is 97.6 cm³/mol. The number of anilines is 1. The zero-order valence-electron chi connectivity index (χ0n) is 14.9. The monoisotopic (exact) mass is 410 g/mol. The molecule has 2 aromatic rings. The van der Waals surface area contributed by atoms with Gasteiger partial charge in [0.2, 0.25) is 0 Å². The van der Waals surface area contributed by atoms with E-state index in [0.717, 1.165) is 25.9 Å². The van der Waals surface area contributed by atoms with Gasteiger partial charge < -0.3 is 14.7 Å². The fraction of sp³-hybridized carbons (Fsp3) is 0.588. The van der Waals surface area contributed by atoms with Gasteiger partial charge >= 0.3 is 5.97 Å². The Morgan fingerprint density at radius 1 is 1.40 bits per heavy atom. The van der Waals surface area contributed by atoms with E-state index in [9.17, 15) is 9.90 Å². The number of rotatable bonds is 3. The number of carbonyl (C=O) groups is 1. The van der Waals surface area contributed by atoms with E-state index >= 15 is 0 Å². The van der Waals surface area contributed by atoms with Crippen LogP contribution in [0.2, 0.25) is 0 Å². The summed E-state index contributed by atoms with van der Waals surface area (Å²) in [6, 6.07) is 1.82. The molecule has 8 heteroatoms. The van der Waals surface area contributed by atoms with E-state index in [1.165, 1.54) is 7.11 Å². The van der Waals surface area contributed by atoms with E-state index < -0.39 is 12.1 Å². The lowest BCUT2D eigenvalue weighted by atomic mass is 9.82. The highest BCUT2D eigenvalue weighted by Crippen LogP contribution is 2.36. The third-order valence-corrected chi connectivity index (χ3v) is 5.28. The van der Waals surface area contributed by atoms with Gasteiger partial charge in [0, 0.05) is 24.8 Å². The topological polar surface area (TPSA) is 80.0 Å². The van der Waals surface area contributed by atoms with E-state index in [1.807, 2.05) is 6.07 Å². The summed E-state index contributed by atoms with van der Waals surface area (Å²) < 4.78 is 7.09. The summed E-state index contributed by atoms with van der Waals surface area (Å²) in [4.78, 5) is 18.7. The van der Waals surface area contributed by atoms with Crippen LogP contribution in [-0.2, 0) is 9.53 Å². The highest BCUT2D eigenvalue weighted by molar-refractivity contribution is 9.10. The Labute approximate surface area is 155 Å². The number of aromatic nitrogens is 3. The molecule has 0 unspecified atom stereocenters. The van der Waals surface area contributed by atoms with Gasteiger partial charge in [-0.3, -0.25) is 0 Å². The second kappa shape index (κ2) is 6.57. The van der Waals surface area contributed by atoms with Gasteiger partial charge in [0.25, 0.3) is 0 Å². The van der Waals surface area contributed by atoms with E-state index in [2.05, 4.69) is 44.8 Å². The number of ether oxygens (including phenoxy) is 1. The molecule has 1 atom stereocenters. The summed E-state index contributed by atoms with van der Waals surface area (Å²) in [6.07, 6.45) is 0.646. The average Bonchev–Trinajstić information content (AvgIpc) is 2.92. The second-order valence-electron chi connectivity index (χ2n) is 7.25. The third-order valence-electron chi connectivity index (χ3n) is 4.89. The number of aliphatic hydroxyl groups excluding tert-OH is 1. The molecule has 136 valence electrons. The SMILES string of the molecule is COC(=O)[C@@H](O)c1c(C)nc2cc(Br)nn2c1N1CCC(C)(C)CC1. The Hall–Kier alpha value is -1.67. The molecule has 1 aliphatic rings. The Morgan fingerprint density at radius 3 is 2.64 bits per heavy atom. The molecule has 1 saturated heterocycles. The number of halogens is 1. The summed E-state index contributed by atoms with van der Waals surface area (Å²) in [5.41, 5.74) is 2.00. The number of nitrogens with zero attached hydrogens (tertiary/aromatic N) is 4. The molecule has 3 rings (SSSR count). The van der Waals surface area contributed by atoms with Gasteiger partial charge in [0.05, 0.1) is 12.7 Å². The van der Waals surface area contributed by atoms with Crippen LogP contribution in [0.5, 0.6) is 0 Å². The van der Waals surface area contributed by atoms with Crippen LogP contribution in [0.1, 0.15) is 44.1 Å². The normalized spacial score (nSPS) is 18.4. The molecule has 0 spiro atoms. The molecule has 0 bridgehead atoms. The minimum atomic E-state index is -1.39. The molecule has 0 amide bonds. The van der Waals surface area contributed by atoms with Crippen LogP contribution < -0.4 is 4.90 Å². The maximum Gasteiger partial charge on any atom is 0.339 e. The second-order valence-corrected chi connectivity index (χ2v) is 8.06. The van der Waals surface area contributed by atoms with E-state index in [0.29, 0.717) is 27.3 Å². The molecular weight excluding hydrogens is 388 g/mol. The van der Waals surface area contributed by atoms with Crippen molar-refractivity contribution in [2.24, 2.45) is 5.41 Å². The predicted octanol–water partition coefficient (Wildman–Crippen LogP) is 2.63. The van der Waals surface area contributed by atoms with Crippen molar-refractivity contribution in [1.29, 1.82) is 0 Å². The molecule has 2 aromatic heterocycles. The molecule has 1 fully saturated rings. The number of carbonyl (C=O) groups excluding carboxylic acids is 1. The Balaban J connectivity index is 2.17. The number of aliphatic hydroxyl groups is 1. The number of hydrogen-bond acceptors (Lipinski definition) is 6. The van der Waals surface area contributed by atoms with Crippen molar-refractivity contribution >= 4 is 33.4 Å². The van der Waals surface area contributed by atoms with E-state index in [-0.39, 0.29) is 5.41 Å². The van der Waals surface area contributed by atoms with Crippen molar-refractivity contribution in [3.05, 3.63) is 21.9 Å². The number of piperidine rings is 1. The van der Waals surface area contributed by atoms with Crippen molar-refractivity contribution in [1.82, 2.24) is 14.6 Å². The number of aryl methyl sites for hydroxylation is 1. The molecule has 0 radical (unpaired) electrons. The summed E-state index contributed by atoms with van der Waals surface area (Å²) in [7, 11) is 1.26.